The van der Waals surface area contributed by atoms with E-state index in [0.29, 0.717) is 6.42 Å². The first kappa shape index (κ1) is 19.9. The van der Waals surface area contributed by atoms with Crippen LogP contribution in [0.25, 0.3) is 0 Å². The van der Waals surface area contributed by atoms with Crippen LogP contribution in [-0.2, 0) is 28.7 Å². The van der Waals surface area contributed by atoms with Crippen molar-refractivity contribution in [2.75, 3.05) is 6.61 Å². The number of carbonyl (C=O) groups is 4. The van der Waals surface area contributed by atoms with E-state index in [0.717, 1.165) is 26.2 Å². The van der Waals surface area contributed by atoms with Crippen LogP contribution in [0.4, 0.5) is 0 Å². The molecule has 0 aromatic rings. The SMILES string of the molecule is CCCCCCOC(=O)CC(CC(=O)O)(OC(C)=O)C(=O)O. The number of carbonyl (C=O) groups excluding carboxylic acids is 2. The number of rotatable bonds is 11. The first-order chi connectivity index (χ1) is 10.2. The maximum absolute atomic E-state index is 11.7. The fraction of sp³-hybridized carbons (Fsp3) is 0.714. The molecule has 0 bridgehead atoms. The minimum Gasteiger partial charge on any atom is -0.481 e. The lowest BCUT2D eigenvalue weighted by atomic mass is 9.95. The lowest BCUT2D eigenvalue weighted by Gasteiger charge is -2.26. The Morgan fingerprint density at radius 2 is 1.64 bits per heavy atom. The van der Waals surface area contributed by atoms with Gasteiger partial charge in [-0.15, -0.1) is 0 Å². The van der Waals surface area contributed by atoms with Crippen molar-refractivity contribution in [3.63, 3.8) is 0 Å². The Morgan fingerprint density at radius 3 is 2.09 bits per heavy atom. The van der Waals surface area contributed by atoms with Gasteiger partial charge in [0.25, 0.3) is 0 Å². The molecule has 0 saturated carbocycles. The van der Waals surface area contributed by atoms with Crippen molar-refractivity contribution in [3.05, 3.63) is 0 Å². The monoisotopic (exact) mass is 318 g/mol. The van der Waals surface area contributed by atoms with E-state index in [2.05, 4.69) is 4.74 Å². The van der Waals surface area contributed by atoms with Crippen molar-refractivity contribution < 1.29 is 38.9 Å². The fourth-order valence-electron chi connectivity index (χ4n) is 1.85. The molecule has 0 aliphatic carbocycles. The van der Waals surface area contributed by atoms with Crippen molar-refractivity contribution >= 4 is 23.9 Å². The highest BCUT2D eigenvalue weighted by atomic mass is 16.6. The van der Waals surface area contributed by atoms with Crippen LogP contribution < -0.4 is 0 Å². The zero-order valence-corrected chi connectivity index (χ0v) is 12.8. The summed E-state index contributed by atoms with van der Waals surface area (Å²) in [7, 11) is 0. The first-order valence-electron chi connectivity index (χ1n) is 7.04. The number of carboxylic acids is 2. The van der Waals surface area contributed by atoms with Gasteiger partial charge in [-0.05, 0) is 6.42 Å². The van der Waals surface area contributed by atoms with Crippen LogP contribution in [0.15, 0.2) is 0 Å². The molecule has 0 aromatic heterocycles. The number of esters is 2. The molecule has 0 rings (SSSR count). The minimum atomic E-state index is -2.45. The summed E-state index contributed by atoms with van der Waals surface area (Å²) in [5, 5.41) is 18.0. The summed E-state index contributed by atoms with van der Waals surface area (Å²) in [5.41, 5.74) is -2.45. The molecule has 0 spiro atoms. The Morgan fingerprint density at radius 1 is 1.00 bits per heavy atom. The van der Waals surface area contributed by atoms with Gasteiger partial charge < -0.3 is 19.7 Å². The molecule has 1 atom stereocenters. The third-order valence-electron chi connectivity index (χ3n) is 2.86. The van der Waals surface area contributed by atoms with Crippen molar-refractivity contribution in [2.45, 2.75) is 58.0 Å². The molecule has 22 heavy (non-hydrogen) atoms. The van der Waals surface area contributed by atoms with Crippen LogP contribution in [-0.4, -0.2) is 46.3 Å². The van der Waals surface area contributed by atoms with Crippen LogP contribution in [0.2, 0.25) is 0 Å². The van der Waals surface area contributed by atoms with E-state index in [4.69, 9.17) is 14.9 Å². The fourth-order valence-corrected chi connectivity index (χ4v) is 1.85. The van der Waals surface area contributed by atoms with E-state index in [1.54, 1.807) is 0 Å². The zero-order valence-electron chi connectivity index (χ0n) is 12.8. The highest BCUT2D eigenvalue weighted by Gasteiger charge is 2.47. The van der Waals surface area contributed by atoms with Gasteiger partial charge in [0.1, 0.15) is 0 Å². The number of unbranched alkanes of at least 4 members (excludes halogenated alkanes) is 3. The molecule has 8 heteroatoms. The van der Waals surface area contributed by atoms with E-state index in [9.17, 15) is 19.2 Å². The van der Waals surface area contributed by atoms with E-state index in [1.807, 2.05) is 6.92 Å². The number of ether oxygens (including phenoxy) is 2. The maximum Gasteiger partial charge on any atom is 0.349 e. The van der Waals surface area contributed by atoms with Gasteiger partial charge >= 0.3 is 23.9 Å². The lowest BCUT2D eigenvalue weighted by Crippen LogP contribution is -2.47. The summed E-state index contributed by atoms with van der Waals surface area (Å²) in [5.74, 6) is -5.10. The van der Waals surface area contributed by atoms with Gasteiger partial charge in [-0.25, -0.2) is 4.79 Å². The Kier molecular flexibility index (Phi) is 8.81. The largest absolute Gasteiger partial charge is 0.481 e. The Balaban J connectivity index is 4.74. The highest BCUT2D eigenvalue weighted by Crippen LogP contribution is 2.23. The number of carboxylic acid groups (broad SMARTS) is 2. The Labute approximate surface area is 128 Å². The second kappa shape index (κ2) is 9.75. The van der Waals surface area contributed by atoms with Crippen LogP contribution in [0.1, 0.15) is 52.4 Å². The summed E-state index contributed by atoms with van der Waals surface area (Å²) >= 11 is 0. The molecule has 0 aromatic carbocycles. The second-order valence-corrected chi connectivity index (χ2v) is 4.92. The van der Waals surface area contributed by atoms with Crippen molar-refractivity contribution in [1.82, 2.24) is 0 Å². The van der Waals surface area contributed by atoms with Crippen LogP contribution >= 0.6 is 0 Å². The summed E-state index contributed by atoms with van der Waals surface area (Å²) in [6.45, 7) is 3.08. The predicted molar refractivity (Wildman–Crippen MR) is 74.1 cm³/mol. The van der Waals surface area contributed by atoms with E-state index < -0.39 is 42.3 Å². The maximum atomic E-state index is 11.7. The molecular weight excluding hydrogens is 296 g/mol. The van der Waals surface area contributed by atoms with E-state index >= 15 is 0 Å². The lowest BCUT2D eigenvalue weighted by molar-refractivity contribution is -0.185. The van der Waals surface area contributed by atoms with E-state index in [-0.39, 0.29) is 6.61 Å². The summed E-state index contributed by atoms with van der Waals surface area (Å²) in [6.07, 6.45) is 1.64. The summed E-state index contributed by atoms with van der Waals surface area (Å²) < 4.78 is 9.48. The predicted octanol–water partition coefficient (Wildman–Crippen LogP) is 1.36. The molecule has 0 radical (unpaired) electrons. The molecule has 8 nitrogen and oxygen atoms in total. The van der Waals surface area contributed by atoms with Gasteiger partial charge in [0.15, 0.2) is 0 Å². The van der Waals surface area contributed by atoms with Crippen LogP contribution in [0.3, 0.4) is 0 Å². The molecular formula is C14H22O8. The van der Waals surface area contributed by atoms with Crippen LogP contribution in [0.5, 0.6) is 0 Å². The topological polar surface area (TPSA) is 127 Å². The minimum absolute atomic E-state index is 0.113. The second-order valence-electron chi connectivity index (χ2n) is 4.92. The van der Waals surface area contributed by atoms with Gasteiger partial charge in [-0.3, -0.25) is 14.4 Å². The van der Waals surface area contributed by atoms with Gasteiger partial charge in [0.2, 0.25) is 5.60 Å². The smallest absolute Gasteiger partial charge is 0.349 e. The Bertz CT molecular complexity index is 399. The number of aliphatic carboxylic acids is 2. The summed E-state index contributed by atoms with van der Waals surface area (Å²) in [4.78, 5) is 44.8. The van der Waals surface area contributed by atoms with Crippen LogP contribution in [0, 0.1) is 0 Å². The van der Waals surface area contributed by atoms with Gasteiger partial charge in [-0.2, -0.15) is 0 Å². The average molecular weight is 318 g/mol. The molecule has 0 fully saturated rings. The molecule has 2 N–H and O–H groups in total. The molecule has 0 aliphatic rings. The average Bonchev–Trinajstić information content (AvgIpc) is 2.36. The van der Waals surface area contributed by atoms with Crippen molar-refractivity contribution in [3.8, 4) is 0 Å². The number of hydrogen-bond acceptors (Lipinski definition) is 6. The standard InChI is InChI=1S/C14H22O8/c1-3-4-5-6-7-21-12(18)9-14(13(19)20,8-11(16)17)22-10(2)15/h3-9H2,1-2H3,(H,16,17)(H,19,20). The third-order valence-corrected chi connectivity index (χ3v) is 2.86. The molecule has 1 unspecified atom stereocenters. The molecule has 0 amide bonds. The zero-order chi connectivity index (χ0) is 17.2. The highest BCUT2D eigenvalue weighted by molar-refractivity contribution is 5.90. The molecule has 0 aliphatic heterocycles. The van der Waals surface area contributed by atoms with Gasteiger partial charge in [0, 0.05) is 6.92 Å². The van der Waals surface area contributed by atoms with E-state index in [1.165, 1.54) is 0 Å². The normalized spacial score (nSPS) is 13.0. The molecule has 0 saturated heterocycles. The van der Waals surface area contributed by atoms with Gasteiger partial charge in [0.05, 0.1) is 19.4 Å². The Hall–Kier alpha value is -2.12. The quantitative estimate of drug-likeness (QED) is 0.432. The van der Waals surface area contributed by atoms with Crippen molar-refractivity contribution in [1.29, 1.82) is 0 Å². The third kappa shape index (κ3) is 7.61. The van der Waals surface area contributed by atoms with Crippen molar-refractivity contribution in [2.24, 2.45) is 0 Å². The molecule has 0 heterocycles. The molecule has 126 valence electrons. The van der Waals surface area contributed by atoms with Gasteiger partial charge in [-0.1, -0.05) is 26.2 Å². The summed E-state index contributed by atoms with van der Waals surface area (Å²) in [6, 6.07) is 0. The number of hydrogen-bond donors (Lipinski definition) is 2. The first-order valence-corrected chi connectivity index (χ1v) is 7.04.